The maximum absolute atomic E-state index is 12.8. The molecule has 1 fully saturated rings. The minimum Gasteiger partial charge on any atom is -0.490 e. The van der Waals surface area contributed by atoms with Crippen molar-refractivity contribution in [3.05, 3.63) is 65.4 Å². The van der Waals surface area contributed by atoms with Gasteiger partial charge in [-0.1, -0.05) is 49.6 Å². The first-order chi connectivity index (χ1) is 22.3. The number of aromatic nitrogens is 3. The monoisotopic (exact) mass is 638 g/mol. The van der Waals surface area contributed by atoms with Gasteiger partial charge in [-0.05, 0) is 103 Å². The summed E-state index contributed by atoms with van der Waals surface area (Å²) in [6.45, 7) is 15.9. The van der Waals surface area contributed by atoms with Crippen molar-refractivity contribution in [2.24, 2.45) is 5.41 Å². The zero-order valence-corrected chi connectivity index (χ0v) is 29.1. The van der Waals surface area contributed by atoms with Gasteiger partial charge in [-0.2, -0.15) is 9.61 Å². The van der Waals surface area contributed by atoms with E-state index in [4.69, 9.17) is 19.6 Å². The molecule has 8 nitrogen and oxygen atoms in total. The molecule has 6 bridgehead atoms. The van der Waals surface area contributed by atoms with Crippen LogP contribution in [0.4, 0.5) is 5.82 Å². The molecule has 5 heterocycles. The Labute approximate surface area is 279 Å². The lowest BCUT2D eigenvalue weighted by atomic mass is 9.76. The number of piperidine rings is 1. The van der Waals surface area contributed by atoms with Crippen LogP contribution >= 0.6 is 0 Å². The van der Waals surface area contributed by atoms with Crippen molar-refractivity contribution >= 4 is 17.4 Å². The van der Waals surface area contributed by atoms with Gasteiger partial charge in [-0.3, -0.25) is 0 Å². The molecule has 250 valence electrons. The van der Waals surface area contributed by atoms with E-state index in [2.05, 4.69) is 68.1 Å². The number of carbonyl (C=O) groups is 1. The second-order valence-corrected chi connectivity index (χ2v) is 15.1. The van der Waals surface area contributed by atoms with Crippen molar-refractivity contribution in [3.8, 4) is 28.1 Å². The molecule has 3 aliphatic rings. The van der Waals surface area contributed by atoms with E-state index in [1.54, 1.807) is 0 Å². The normalized spacial score (nSPS) is 21.3. The molecule has 2 aromatic carbocycles. The van der Waals surface area contributed by atoms with Crippen LogP contribution in [0.3, 0.4) is 0 Å². The van der Waals surface area contributed by atoms with Crippen LogP contribution < -0.4 is 9.64 Å². The number of anilines is 1. The molecule has 2 atom stereocenters. The number of hydrogen-bond donors (Lipinski definition) is 1. The third-order valence-corrected chi connectivity index (χ3v) is 9.86. The summed E-state index contributed by atoms with van der Waals surface area (Å²) in [7, 11) is 0. The number of aliphatic carboxylic acids is 1. The van der Waals surface area contributed by atoms with Crippen molar-refractivity contribution in [2.45, 2.75) is 111 Å². The van der Waals surface area contributed by atoms with Gasteiger partial charge in [0.1, 0.15) is 11.6 Å². The maximum atomic E-state index is 12.8. The Kier molecular flexibility index (Phi) is 9.09. The zero-order chi connectivity index (χ0) is 33.5. The molecule has 0 spiro atoms. The SMILES string of the molecule is Cc1ccc2c(c1)-c1cccc(c1)-c1cc3nc(C)c([C@H](OC(C)(C)C)C(=O)O)c(n3n1)N1CCC(C)(CCCCCC(C)O2)CC1. The van der Waals surface area contributed by atoms with Crippen LogP contribution in [0.2, 0.25) is 0 Å². The fourth-order valence-corrected chi connectivity index (χ4v) is 7.22. The predicted octanol–water partition coefficient (Wildman–Crippen LogP) is 8.96. The average molecular weight is 639 g/mol. The molecule has 2 aromatic heterocycles. The number of carboxylic acid groups (broad SMARTS) is 1. The van der Waals surface area contributed by atoms with Crippen LogP contribution in [0.15, 0.2) is 48.5 Å². The summed E-state index contributed by atoms with van der Waals surface area (Å²) in [5.41, 5.74) is 6.51. The number of aryl methyl sites for hydroxylation is 2. The number of carboxylic acids is 1. The summed E-state index contributed by atoms with van der Waals surface area (Å²) >= 11 is 0. The summed E-state index contributed by atoms with van der Waals surface area (Å²) in [6.07, 6.45) is 6.72. The summed E-state index contributed by atoms with van der Waals surface area (Å²) in [4.78, 5) is 20.1. The molecule has 1 saturated heterocycles. The molecule has 4 aromatic rings. The quantitative estimate of drug-likeness (QED) is 0.240. The molecule has 0 saturated carbocycles. The highest BCUT2D eigenvalue weighted by Gasteiger charge is 2.37. The molecular weight excluding hydrogens is 588 g/mol. The van der Waals surface area contributed by atoms with E-state index in [0.717, 1.165) is 72.7 Å². The molecule has 3 aliphatic heterocycles. The topological polar surface area (TPSA) is 89.2 Å². The molecule has 7 rings (SSSR count). The van der Waals surface area contributed by atoms with Gasteiger partial charge in [0.15, 0.2) is 11.8 Å². The fraction of sp³-hybridized carbons (Fsp3) is 0.513. The van der Waals surface area contributed by atoms with Crippen LogP contribution in [0.25, 0.3) is 28.0 Å². The summed E-state index contributed by atoms with van der Waals surface area (Å²) < 4.78 is 14.7. The number of nitrogens with zero attached hydrogens (tertiary/aromatic N) is 4. The summed E-state index contributed by atoms with van der Waals surface area (Å²) in [6, 6.07) is 16.8. The Hall–Kier alpha value is -3.91. The zero-order valence-electron chi connectivity index (χ0n) is 29.1. The first-order valence-corrected chi connectivity index (χ1v) is 17.2. The predicted molar refractivity (Wildman–Crippen MR) is 187 cm³/mol. The lowest BCUT2D eigenvalue weighted by Gasteiger charge is -2.41. The van der Waals surface area contributed by atoms with Crippen LogP contribution in [-0.4, -0.2) is 50.5 Å². The fourth-order valence-electron chi connectivity index (χ4n) is 7.22. The Morgan fingerprint density at radius 3 is 2.49 bits per heavy atom. The third kappa shape index (κ3) is 7.18. The van der Waals surface area contributed by atoms with Crippen LogP contribution in [0.5, 0.6) is 5.75 Å². The minimum atomic E-state index is -1.18. The molecule has 0 aliphatic carbocycles. The van der Waals surface area contributed by atoms with Crippen LogP contribution in [0, 0.1) is 19.3 Å². The van der Waals surface area contributed by atoms with Crippen molar-refractivity contribution in [1.29, 1.82) is 0 Å². The second-order valence-electron chi connectivity index (χ2n) is 15.1. The highest BCUT2D eigenvalue weighted by atomic mass is 16.5. The van der Waals surface area contributed by atoms with Crippen molar-refractivity contribution < 1.29 is 19.4 Å². The Morgan fingerprint density at radius 2 is 1.77 bits per heavy atom. The van der Waals surface area contributed by atoms with E-state index in [0.29, 0.717) is 16.9 Å². The average Bonchev–Trinajstić information content (AvgIpc) is 3.43. The van der Waals surface area contributed by atoms with E-state index in [1.165, 1.54) is 24.8 Å². The Morgan fingerprint density at radius 1 is 1.02 bits per heavy atom. The lowest BCUT2D eigenvalue weighted by Crippen LogP contribution is -2.41. The molecular formula is C39H50N4O4. The van der Waals surface area contributed by atoms with E-state index in [1.807, 2.05) is 38.3 Å². The number of ether oxygens (including phenoxy) is 2. The largest absolute Gasteiger partial charge is 0.490 e. The van der Waals surface area contributed by atoms with Gasteiger partial charge >= 0.3 is 5.97 Å². The molecule has 8 heteroatoms. The number of rotatable bonds is 3. The van der Waals surface area contributed by atoms with Gasteiger partial charge in [-0.15, -0.1) is 0 Å². The first kappa shape index (κ1) is 33.0. The summed E-state index contributed by atoms with van der Waals surface area (Å²) in [5.74, 6) is 0.635. The number of hydrogen-bond acceptors (Lipinski definition) is 6. The van der Waals surface area contributed by atoms with E-state index in [-0.39, 0.29) is 11.5 Å². The van der Waals surface area contributed by atoms with Gasteiger partial charge in [0.2, 0.25) is 0 Å². The van der Waals surface area contributed by atoms with Gasteiger partial charge in [0.05, 0.1) is 23.0 Å². The molecule has 1 unspecified atom stereocenters. The van der Waals surface area contributed by atoms with Crippen molar-refractivity contribution in [2.75, 3.05) is 18.0 Å². The van der Waals surface area contributed by atoms with E-state index in [9.17, 15) is 9.90 Å². The second kappa shape index (κ2) is 12.9. The van der Waals surface area contributed by atoms with Crippen molar-refractivity contribution in [3.63, 3.8) is 0 Å². The van der Waals surface area contributed by atoms with Gasteiger partial charge in [-0.25, -0.2) is 9.78 Å². The van der Waals surface area contributed by atoms with E-state index < -0.39 is 17.7 Å². The number of fused-ring (bicyclic) bond motifs is 8. The smallest absolute Gasteiger partial charge is 0.337 e. The third-order valence-electron chi connectivity index (χ3n) is 9.86. The Bertz CT molecular complexity index is 1760. The highest BCUT2D eigenvalue weighted by molar-refractivity contribution is 5.80. The molecule has 0 amide bonds. The lowest BCUT2D eigenvalue weighted by molar-refractivity contribution is -0.160. The van der Waals surface area contributed by atoms with Crippen LogP contribution in [0.1, 0.15) is 102 Å². The van der Waals surface area contributed by atoms with Crippen molar-refractivity contribution in [1.82, 2.24) is 14.6 Å². The summed E-state index contributed by atoms with van der Waals surface area (Å²) in [5, 5.41) is 15.7. The molecule has 0 radical (unpaired) electrons. The van der Waals surface area contributed by atoms with Gasteiger partial charge < -0.3 is 19.5 Å². The molecule has 1 N–H and O–H groups in total. The Balaban J connectivity index is 1.53. The highest BCUT2D eigenvalue weighted by Crippen LogP contribution is 2.42. The van der Waals surface area contributed by atoms with E-state index >= 15 is 0 Å². The first-order valence-electron chi connectivity index (χ1n) is 17.2. The standard InChI is InChI=1S/C39H50N4O4/c1-25-15-16-32-30(22-25)28-13-11-14-29(23-28)31-24-33-40-27(3)34(35(37(44)45)47-38(4,5)6)36(43(33)41-31)42-20-18-39(7,19-21-42)17-10-8-9-12-26(2)46-32/h11,13-16,22-24,26,35H,8-10,12,17-21H2,1-7H3,(H,44,45)/t26?,35-/m0/s1. The molecule has 47 heavy (non-hydrogen) atoms. The number of benzene rings is 2. The minimum absolute atomic E-state index is 0.126. The van der Waals surface area contributed by atoms with Gasteiger partial charge in [0.25, 0.3) is 0 Å². The maximum Gasteiger partial charge on any atom is 0.337 e. The van der Waals surface area contributed by atoms with Gasteiger partial charge in [0, 0.05) is 36.0 Å². The van der Waals surface area contributed by atoms with Crippen LogP contribution in [-0.2, 0) is 9.53 Å².